The van der Waals surface area contributed by atoms with E-state index in [1.165, 1.54) is 13.0 Å². The molecule has 9 nitrogen and oxygen atoms in total. The van der Waals surface area contributed by atoms with Crippen LogP contribution < -0.4 is 5.32 Å². The Hall–Kier alpha value is -3.99. The molecular weight excluding hydrogens is 591 g/mol. The van der Waals surface area contributed by atoms with Crippen LogP contribution in [0.2, 0.25) is 0 Å². The van der Waals surface area contributed by atoms with Crippen molar-refractivity contribution in [3.8, 4) is 11.1 Å². The number of halogens is 2. The fourth-order valence-electron chi connectivity index (χ4n) is 6.10. The Kier molecular flexibility index (Phi) is 6.52. The third-order valence-corrected chi connectivity index (χ3v) is 8.60. The summed E-state index contributed by atoms with van der Waals surface area (Å²) in [6, 6.07) is 5.51. The van der Waals surface area contributed by atoms with Crippen LogP contribution in [0.25, 0.3) is 22.0 Å². The van der Waals surface area contributed by atoms with E-state index in [9.17, 15) is 18.8 Å². The fraction of sp³-hybridized carbons (Fsp3) is 0.333. The average Bonchev–Trinajstić information content (AvgIpc) is 3.25. The zero-order chi connectivity index (χ0) is 29.2. The smallest absolute Gasteiger partial charge is 0.248 e. The van der Waals surface area contributed by atoms with E-state index in [1.807, 2.05) is 26.0 Å². The Morgan fingerprint density at radius 3 is 2.51 bits per heavy atom. The molecule has 1 N–H and O–H groups in total. The van der Waals surface area contributed by atoms with Crippen molar-refractivity contribution >= 4 is 50.2 Å². The van der Waals surface area contributed by atoms with E-state index in [0.29, 0.717) is 17.8 Å². The summed E-state index contributed by atoms with van der Waals surface area (Å²) < 4.78 is 15.9. The number of ketones is 1. The molecule has 0 radical (unpaired) electrons. The van der Waals surface area contributed by atoms with Crippen LogP contribution in [0, 0.1) is 25.1 Å². The second kappa shape index (κ2) is 9.83. The molecule has 3 atom stereocenters. The highest BCUT2D eigenvalue weighted by atomic mass is 79.9. The third-order valence-electron chi connectivity index (χ3n) is 8.20. The van der Waals surface area contributed by atoms with Gasteiger partial charge in [-0.2, -0.15) is 0 Å². The first kappa shape index (κ1) is 27.2. The molecule has 1 saturated carbocycles. The first-order valence-corrected chi connectivity index (χ1v) is 14.1. The number of pyridine rings is 1. The summed E-state index contributed by atoms with van der Waals surface area (Å²) in [5, 5.41) is 3.43. The van der Waals surface area contributed by atoms with Crippen molar-refractivity contribution in [1.29, 1.82) is 0 Å². The van der Waals surface area contributed by atoms with Crippen LogP contribution in [0.15, 0.2) is 47.5 Å². The predicted molar refractivity (Wildman–Crippen MR) is 155 cm³/mol. The van der Waals surface area contributed by atoms with Gasteiger partial charge in [-0.05, 0) is 78.2 Å². The van der Waals surface area contributed by atoms with Crippen molar-refractivity contribution in [3.63, 3.8) is 0 Å². The van der Waals surface area contributed by atoms with E-state index in [-0.39, 0.29) is 40.1 Å². The number of nitrogens with one attached hydrogen (secondary N) is 1. The number of benzene rings is 1. The Morgan fingerprint density at radius 2 is 1.83 bits per heavy atom. The quantitative estimate of drug-likeness (QED) is 0.234. The number of hydrogen-bond acceptors (Lipinski definition) is 6. The van der Waals surface area contributed by atoms with Crippen molar-refractivity contribution in [2.45, 2.75) is 59.2 Å². The Labute approximate surface area is 244 Å². The minimum absolute atomic E-state index is 0.0300. The number of carbonyl (C=O) groups excluding carboxylic acids is 3. The molecule has 0 unspecified atom stereocenters. The summed E-state index contributed by atoms with van der Waals surface area (Å²) in [6.07, 6.45) is 6.55. The van der Waals surface area contributed by atoms with E-state index in [0.717, 1.165) is 40.1 Å². The molecule has 210 valence electrons. The van der Waals surface area contributed by atoms with Gasteiger partial charge >= 0.3 is 0 Å². The van der Waals surface area contributed by atoms with Gasteiger partial charge in [-0.25, -0.2) is 19.3 Å². The number of aromatic nitrogens is 4. The fourth-order valence-corrected chi connectivity index (χ4v) is 6.51. The van der Waals surface area contributed by atoms with E-state index in [1.54, 1.807) is 28.1 Å². The zero-order valence-corrected chi connectivity index (χ0v) is 24.6. The number of fused-ring (bicyclic) bond motifs is 2. The number of hydrogen-bond donors (Lipinski definition) is 1. The summed E-state index contributed by atoms with van der Waals surface area (Å²) in [4.78, 5) is 54.2. The number of aryl methyl sites for hydroxylation is 2. The van der Waals surface area contributed by atoms with Crippen molar-refractivity contribution in [3.05, 3.63) is 70.2 Å². The van der Waals surface area contributed by atoms with Crippen LogP contribution in [0.4, 0.5) is 10.2 Å². The summed E-state index contributed by atoms with van der Waals surface area (Å²) in [6.45, 7) is 7.31. The van der Waals surface area contributed by atoms with Crippen molar-refractivity contribution < 1.29 is 18.8 Å². The molecule has 1 aromatic carbocycles. The maximum Gasteiger partial charge on any atom is 0.248 e. The number of anilines is 1. The van der Waals surface area contributed by atoms with Crippen LogP contribution in [0.3, 0.4) is 0 Å². The van der Waals surface area contributed by atoms with E-state index in [2.05, 4.69) is 43.1 Å². The van der Waals surface area contributed by atoms with E-state index < -0.39 is 17.8 Å². The van der Waals surface area contributed by atoms with E-state index in [4.69, 9.17) is 0 Å². The SMILES string of the molecule is CC(=O)c1cn(CC(=O)N2[C@H](C(=O)Nc3cc(F)cc(Br)n3)C[C@@]3(C)C[C@@H]23)c2c(C)cc(-c3cnc(C)nc3)cc12. The molecule has 0 spiro atoms. The van der Waals surface area contributed by atoms with Gasteiger partial charge in [0.05, 0.1) is 5.52 Å². The maximum atomic E-state index is 13.9. The number of Topliss-reactive ketones (excluding diaryl/α,β-unsaturated/α-hetero) is 1. The summed E-state index contributed by atoms with van der Waals surface area (Å²) >= 11 is 3.14. The second-order valence-electron chi connectivity index (χ2n) is 11.3. The molecule has 1 saturated heterocycles. The number of nitrogens with zero attached hydrogens (tertiary/aromatic N) is 5. The number of likely N-dealkylation sites (tertiary alicyclic amines) is 1. The maximum absolute atomic E-state index is 13.9. The van der Waals surface area contributed by atoms with Gasteiger partial charge < -0.3 is 14.8 Å². The number of rotatable bonds is 6. The van der Waals surface area contributed by atoms with Gasteiger partial charge in [0.15, 0.2) is 5.78 Å². The summed E-state index contributed by atoms with van der Waals surface area (Å²) in [5.41, 5.74) is 3.76. The molecule has 0 bridgehead atoms. The first-order chi connectivity index (χ1) is 19.4. The molecule has 6 rings (SSSR count). The topological polar surface area (TPSA) is 110 Å². The second-order valence-corrected chi connectivity index (χ2v) is 12.1. The van der Waals surface area contributed by atoms with Crippen molar-refractivity contribution in [2.75, 3.05) is 5.32 Å². The van der Waals surface area contributed by atoms with Crippen LogP contribution in [0.5, 0.6) is 0 Å². The minimum atomic E-state index is -0.710. The molecular formula is C30H28BrFN6O3. The number of piperidine rings is 1. The molecule has 2 amide bonds. The Bertz CT molecular complexity index is 1730. The molecule has 41 heavy (non-hydrogen) atoms. The normalized spacial score (nSPS) is 21.2. The Morgan fingerprint density at radius 1 is 1.10 bits per heavy atom. The van der Waals surface area contributed by atoms with Crippen molar-refractivity contribution in [2.24, 2.45) is 5.41 Å². The molecule has 4 heterocycles. The lowest BCUT2D eigenvalue weighted by molar-refractivity contribution is -0.138. The van der Waals surface area contributed by atoms with Gasteiger partial charge in [0.25, 0.3) is 0 Å². The largest absolute Gasteiger partial charge is 0.337 e. The lowest BCUT2D eigenvalue weighted by Crippen LogP contribution is -2.46. The first-order valence-electron chi connectivity index (χ1n) is 13.3. The van der Waals surface area contributed by atoms with Crippen LogP contribution in [-0.2, 0) is 16.1 Å². The van der Waals surface area contributed by atoms with Gasteiger partial charge in [-0.15, -0.1) is 0 Å². The molecule has 11 heteroatoms. The highest BCUT2D eigenvalue weighted by Crippen LogP contribution is 2.59. The van der Waals surface area contributed by atoms with Crippen LogP contribution in [-0.4, -0.2) is 54.1 Å². The number of carbonyl (C=O) groups is 3. The highest BCUT2D eigenvalue weighted by molar-refractivity contribution is 9.10. The molecule has 2 aliphatic rings. The molecule has 1 aliphatic carbocycles. The lowest BCUT2D eigenvalue weighted by Gasteiger charge is -2.27. The molecule has 3 aromatic heterocycles. The van der Waals surface area contributed by atoms with Crippen molar-refractivity contribution in [1.82, 2.24) is 24.4 Å². The van der Waals surface area contributed by atoms with E-state index >= 15 is 0 Å². The third kappa shape index (κ3) is 4.92. The minimum Gasteiger partial charge on any atom is -0.337 e. The van der Waals surface area contributed by atoms with Gasteiger partial charge in [-0.1, -0.05) is 6.92 Å². The molecule has 4 aromatic rings. The number of amides is 2. The van der Waals surface area contributed by atoms with Crippen LogP contribution in [0.1, 0.15) is 48.4 Å². The zero-order valence-electron chi connectivity index (χ0n) is 23.0. The Balaban J connectivity index is 1.31. The molecule has 2 fully saturated rings. The summed E-state index contributed by atoms with van der Waals surface area (Å²) in [5.74, 6) is -0.522. The van der Waals surface area contributed by atoms with Crippen LogP contribution >= 0.6 is 15.9 Å². The highest BCUT2D eigenvalue weighted by Gasteiger charge is 2.64. The van der Waals surface area contributed by atoms with Gasteiger partial charge in [-0.3, -0.25) is 14.4 Å². The lowest BCUT2D eigenvalue weighted by atomic mass is 10.0. The van der Waals surface area contributed by atoms with Gasteiger partial charge in [0.1, 0.15) is 34.6 Å². The predicted octanol–water partition coefficient (Wildman–Crippen LogP) is 5.23. The average molecular weight is 619 g/mol. The molecule has 1 aliphatic heterocycles. The monoisotopic (exact) mass is 618 g/mol. The van der Waals surface area contributed by atoms with Gasteiger partial charge in [0, 0.05) is 53.3 Å². The summed E-state index contributed by atoms with van der Waals surface area (Å²) in [7, 11) is 0. The van der Waals surface area contributed by atoms with Gasteiger partial charge in [0.2, 0.25) is 11.8 Å². The standard InChI is InChI=1S/C30H28BrFN6O3/c1-15-5-18(19-11-33-17(3)34-12-19)6-21-22(16(2)39)13-37(28(15)21)14-27(40)38-23(9-30(4)10-24(30)38)29(41)36-26-8-20(32)7-25(31)35-26/h5-8,11-13,23-24H,9-10,14H2,1-4H3,(H,35,36,41)/t23-,24+,30-/m0/s1.